The van der Waals surface area contributed by atoms with E-state index in [0.717, 1.165) is 5.56 Å². The molecule has 0 amide bonds. The number of carbonyl (C=O) groups excluding carboxylic acids is 1. The van der Waals surface area contributed by atoms with Gasteiger partial charge in [-0.1, -0.05) is 30.3 Å². The minimum absolute atomic E-state index is 0. The fourth-order valence-corrected chi connectivity index (χ4v) is 1.59. The fourth-order valence-electron chi connectivity index (χ4n) is 1.59. The van der Waals surface area contributed by atoms with Gasteiger partial charge in [0.05, 0.1) is 6.61 Å². The normalized spacial score (nSPS) is 9.61. The third-order valence-electron chi connectivity index (χ3n) is 2.31. The molecule has 1 aromatic heterocycles. The molecule has 2 aromatic rings. The van der Waals surface area contributed by atoms with E-state index >= 15 is 0 Å². The summed E-state index contributed by atoms with van der Waals surface area (Å²) in [4.78, 5) is 15.7. The summed E-state index contributed by atoms with van der Waals surface area (Å²) < 4.78 is 6.25. The number of nitrogens with two attached hydrogens (primary N) is 1. The van der Waals surface area contributed by atoms with E-state index < -0.39 is 5.97 Å². The molecule has 0 aliphatic carbocycles. The predicted octanol–water partition coefficient (Wildman–Crippen LogP) is 1.86. The summed E-state index contributed by atoms with van der Waals surface area (Å²) in [6.45, 7) is 2.06. The average Bonchev–Trinajstić information content (AvgIpc) is 2.73. The minimum atomic E-state index is -0.462. The summed E-state index contributed by atoms with van der Waals surface area (Å²) in [6, 6.07) is 9.37. The highest BCUT2D eigenvalue weighted by Gasteiger charge is 2.19. The second-order valence-electron chi connectivity index (χ2n) is 3.44. The Morgan fingerprint density at radius 1 is 1.39 bits per heavy atom. The molecule has 0 unspecified atom stereocenters. The lowest BCUT2D eigenvalue weighted by Crippen LogP contribution is -2.11. The molecule has 18 heavy (non-hydrogen) atoms. The number of carbonyl (C=O) groups is 1. The van der Waals surface area contributed by atoms with Crippen molar-refractivity contribution in [1.82, 2.24) is 9.66 Å². The summed E-state index contributed by atoms with van der Waals surface area (Å²) in [6.07, 6.45) is 1.40. The average molecular weight is 268 g/mol. The van der Waals surface area contributed by atoms with E-state index in [4.69, 9.17) is 10.6 Å². The summed E-state index contributed by atoms with van der Waals surface area (Å²) >= 11 is 0. The Hall–Kier alpha value is -2.01. The van der Waals surface area contributed by atoms with Gasteiger partial charge in [-0.25, -0.2) is 14.5 Å². The molecule has 1 heterocycles. The predicted molar refractivity (Wildman–Crippen MR) is 71.0 cm³/mol. The summed E-state index contributed by atoms with van der Waals surface area (Å²) in [5, 5.41) is 0. The van der Waals surface area contributed by atoms with Gasteiger partial charge in [-0.15, -0.1) is 12.4 Å². The number of hydrogen-bond acceptors (Lipinski definition) is 4. The van der Waals surface area contributed by atoms with E-state index in [9.17, 15) is 4.79 Å². The van der Waals surface area contributed by atoms with Crippen molar-refractivity contribution in [3.8, 4) is 11.3 Å². The van der Waals surface area contributed by atoms with Crippen molar-refractivity contribution >= 4 is 18.4 Å². The summed E-state index contributed by atoms with van der Waals surface area (Å²) in [7, 11) is 0. The minimum Gasteiger partial charge on any atom is -0.461 e. The zero-order chi connectivity index (χ0) is 12.3. The quantitative estimate of drug-likeness (QED) is 0.681. The molecule has 0 spiro atoms. The van der Waals surface area contributed by atoms with Crippen LogP contribution in [0.2, 0.25) is 0 Å². The molecule has 0 atom stereocenters. The Morgan fingerprint density at radius 2 is 2.06 bits per heavy atom. The van der Waals surface area contributed by atoms with Crippen molar-refractivity contribution in [2.24, 2.45) is 0 Å². The van der Waals surface area contributed by atoms with Crippen LogP contribution in [-0.2, 0) is 4.74 Å². The van der Waals surface area contributed by atoms with E-state index in [-0.39, 0.29) is 18.1 Å². The Bertz CT molecular complexity index is 525. The molecule has 1 aromatic carbocycles. The molecule has 0 saturated carbocycles. The van der Waals surface area contributed by atoms with Gasteiger partial charge in [-0.3, -0.25) is 0 Å². The number of benzene rings is 1. The maximum atomic E-state index is 11.7. The maximum absolute atomic E-state index is 11.7. The second-order valence-corrected chi connectivity index (χ2v) is 3.44. The maximum Gasteiger partial charge on any atom is 0.359 e. The lowest BCUT2D eigenvalue weighted by Gasteiger charge is -2.05. The van der Waals surface area contributed by atoms with Gasteiger partial charge in [0.25, 0.3) is 0 Å². The van der Waals surface area contributed by atoms with Gasteiger partial charge in [-0.05, 0) is 6.92 Å². The van der Waals surface area contributed by atoms with Crippen LogP contribution in [0.4, 0.5) is 0 Å². The Balaban J connectivity index is 0.00000162. The molecule has 5 nitrogen and oxygen atoms in total. The number of esters is 1. The third-order valence-corrected chi connectivity index (χ3v) is 2.31. The van der Waals surface area contributed by atoms with Gasteiger partial charge in [0.1, 0.15) is 12.0 Å². The fraction of sp³-hybridized carbons (Fsp3) is 0.167. The van der Waals surface area contributed by atoms with Gasteiger partial charge in [0.15, 0.2) is 5.69 Å². The van der Waals surface area contributed by atoms with Gasteiger partial charge >= 0.3 is 5.97 Å². The Labute approximate surface area is 111 Å². The van der Waals surface area contributed by atoms with Crippen molar-refractivity contribution in [1.29, 1.82) is 0 Å². The highest BCUT2D eigenvalue weighted by molar-refractivity contribution is 5.94. The molecule has 6 heteroatoms. The van der Waals surface area contributed by atoms with Crippen molar-refractivity contribution in [3.63, 3.8) is 0 Å². The molecule has 2 rings (SSSR count). The van der Waals surface area contributed by atoms with E-state index in [2.05, 4.69) is 4.98 Å². The second kappa shape index (κ2) is 6.07. The first-order valence-electron chi connectivity index (χ1n) is 5.29. The zero-order valence-corrected chi connectivity index (χ0v) is 10.7. The van der Waals surface area contributed by atoms with E-state index in [1.54, 1.807) is 6.92 Å². The number of halogens is 1. The number of hydrogen-bond donors (Lipinski definition) is 1. The molecular formula is C12H14ClN3O2. The molecule has 0 aliphatic heterocycles. The van der Waals surface area contributed by atoms with Crippen LogP contribution in [0.3, 0.4) is 0 Å². The molecular weight excluding hydrogens is 254 g/mol. The number of imidazole rings is 1. The van der Waals surface area contributed by atoms with E-state index in [1.165, 1.54) is 11.0 Å². The van der Waals surface area contributed by atoms with Crippen LogP contribution in [0.1, 0.15) is 17.4 Å². The first kappa shape index (κ1) is 14.1. The van der Waals surface area contributed by atoms with Crippen molar-refractivity contribution in [2.45, 2.75) is 6.92 Å². The van der Waals surface area contributed by atoms with E-state index in [0.29, 0.717) is 12.3 Å². The van der Waals surface area contributed by atoms with Gasteiger partial charge in [-0.2, -0.15) is 0 Å². The Kier molecular flexibility index (Phi) is 4.74. The smallest absolute Gasteiger partial charge is 0.359 e. The highest BCUT2D eigenvalue weighted by atomic mass is 35.5. The molecule has 0 saturated heterocycles. The van der Waals surface area contributed by atoms with Gasteiger partial charge in [0.2, 0.25) is 0 Å². The lowest BCUT2D eigenvalue weighted by atomic mass is 10.1. The monoisotopic (exact) mass is 267 g/mol. The van der Waals surface area contributed by atoms with Gasteiger partial charge in [0, 0.05) is 5.56 Å². The molecule has 0 aliphatic rings. The number of rotatable bonds is 3. The van der Waals surface area contributed by atoms with Gasteiger partial charge < -0.3 is 10.6 Å². The van der Waals surface area contributed by atoms with Crippen LogP contribution in [0.15, 0.2) is 36.7 Å². The molecule has 96 valence electrons. The highest BCUT2D eigenvalue weighted by Crippen LogP contribution is 2.21. The van der Waals surface area contributed by atoms with Crippen LogP contribution in [0.5, 0.6) is 0 Å². The number of nitrogens with zero attached hydrogens (tertiary/aromatic N) is 2. The lowest BCUT2D eigenvalue weighted by molar-refractivity contribution is 0.0521. The number of aromatic nitrogens is 2. The largest absolute Gasteiger partial charge is 0.461 e. The van der Waals surface area contributed by atoms with Crippen LogP contribution < -0.4 is 5.84 Å². The number of nitrogen functional groups attached to an aromatic ring is 1. The van der Waals surface area contributed by atoms with Crippen LogP contribution in [-0.4, -0.2) is 22.2 Å². The summed E-state index contributed by atoms with van der Waals surface area (Å²) in [5.41, 5.74) is 1.63. The number of ether oxygens (including phenoxy) is 1. The zero-order valence-electron chi connectivity index (χ0n) is 9.87. The first-order valence-corrected chi connectivity index (χ1v) is 5.29. The van der Waals surface area contributed by atoms with Crippen LogP contribution in [0.25, 0.3) is 11.3 Å². The SMILES string of the molecule is CCOC(=O)c1ncn(N)c1-c1ccccc1.Cl. The topological polar surface area (TPSA) is 70.1 Å². The Morgan fingerprint density at radius 3 is 2.67 bits per heavy atom. The van der Waals surface area contributed by atoms with E-state index in [1.807, 2.05) is 30.3 Å². The van der Waals surface area contributed by atoms with Crippen molar-refractivity contribution < 1.29 is 9.53 Å². The summed E-state index contributed by atoms with van der Waals surface area (Å²) in [5.74, 6) is 5.29. The standard InChI is InChI=1S/C12H13N3O2.ClH/c1-2-17-12(16)10-11(15(13)8-14-10)9-6-4-3-5-7-9;/h3-8H,2,13H2,1H3;1H. The third kappa shape index (κ3) is 2.62. The molecule has 2 N–H and O–H groups in total. The first-order chi connectivity index (χ1) is 8.24. The molecule has 0 fully saturated rings. The van der Waals surface area contributed by atoms with Crippen molar-refractivity contribution in [3.05, 3.63) is 42.4 Å². The van der Waals surface area contributed by atoms with Crippen molar-refractivity contribution in [2.75, 3.05) is 12.4 Å². The van der Waals surface area contributed by atoms with Crippen LogP contribution in [0, 0.1) is 0 Å². The van der Waals surface area contributed by atoms with Crippen LogP contribution >= 0.6 is 12.4 Å². The molecule has 0 radical (unpaired) electrons. The molecule has 0 bridgehead atoms.